The molecule has 37 heavy (non-hydrogen) atoms. The van der Waals surface area contributed by atoms with Gasteiger partial charge in [0.25, 0.3) is 5.69 Å². The molecule has 12 heteroatoms. The number of halogens is 4. The number of carbonyl (C=O) groups excluding carboxylic acids is 2. The van der Waals surface area contributed by atoms with Gasteiger partial charge in [0.05, 0.1) is 22.6 Å². The summed E-state index contributed by atoms with van der Waals surface area (Å²) in [4.78, 5) is 36.3. The number of esters is 2. The van der Waals surface area contributed by atoms with Gasteiger partial charge in [-0.25, -0.2) is 9.59 Å². The van der Waals surface area contributed by atoms with Gasteiger partial charge in [-0.2, -0.15) is 13.2 Å². The maximum Gasteiger partial charge on any atom is 0.416 e. The molecule has 0 N–H and O–H groups in total. The molecule has 1 atom stereocenters. The van der Waals surface area contributed by atoms with E-state index in [4.69, 9.17) is 25.8 Å². The highest BCUT2D eigenvalue weighted by molar-refractivity contribution is 6.32. The Morgan fingerprint density at radius 3 is 2.27 bits per heavy atom. The Morgan fingerprint density at radius 1 is 1.03 bits per heavy atom. The minimum absolute atomic E-state index is 0.0859. The van der Waals surface area contributed by atoms with E-state index in [1.54, 1.807) is 30.3 Å². The van der Waals surface area contributed by atoms with Crippen LogP contribution in [0.1, 0.15) is 28.4 Å². The first-order chi connectivity index (χ1) is 17.3. The zero-order valence-electron chi connectivity index (χ0n) is 19.4. The van der Waals surface area contributed by atoms with Crippen molar-refractivity contribution in [3.8, 4) is 11.5 Å². The molecular formula is C25H19ClF3NO7. The van der Waals surface area contributed by atoms with Gasteiger partial charge in [0.2, 0.25) is 5.60 Å². The maximum absolute atomic E-state index is 13.1. The van der Waals surface area contributed by atoms with Crippen LogP contribution in [0, 0.1) is 10.1 Å². The molecule has 8 nitrogen and oxygen atoms in total. The Morgan fingerprint density at radius 2 is 1.70 bits per heavy atom. The van der Waals surface area contributed by atoms with Gasteiger partial charge in [-0.3, -0.25) is 10.1 Å². The minimum atomic E-state index is -4.63. The average molecular weight is 538 g/mol. The topological polar surface area (TPSA) is 105 Å². The van der Waals surface area contributed by atoms with Gasteiger partial charge in [-0.05, 0) is 36.8 Å². The van der Waals surface area contributed by atoms with E-state index in [1.807, 2.05) is 0 Å². The third-order valence-electron chi connectivity index (χ3n) is 5.19. The number of alkyl halides is 3. The molecule has 0 bridgehead atoms. The highest BCUT2D eigenvalue weighted by Crippen LogP contribution is 2.37. The molecule has 0 saturated carbocycles. The molecule has 0 saturated heterocycles. The maximum atomic E-state index is 13.1. The Labute approximate surface area is 213 Å². The number of hydrogen-bond donors (Lipinski definition) is 0. The molecule has 0 spiro atoms. The Hall–Kier alpha value is -4.12. The Balaban J connectivity index is 1.94. The molecule has 0 aliphatic heterocycles. The number of carbonyl (C=O) groups is 2. The van der Waals surface area contributed by atoms with Crippen LogP contribution in [0.15, 0.2) is 66.7 Å². The predicted molar refractivity (Wildman–Crippen MR) is 126 cm³/mol. The van der Waals surface area contributed by atoms with Crippen molar-refractivity contribution in [1.29, 1.82) is 0 Å². The summed E-state index contributed by atoms with van der Waals surface area (Å²) in [6.45, 7) is 1.30. The molecule has 0 radical (unpaired) electrons. The lowest BCUT2D eigenvalue weighted by atomic mass is 9.96. The fourth-order valence-corrected chi connectivity index (χ4v) is 3.62. The lowest BCUT2D eigenvalue weighted by Gasteiger charge is -2.27. The summed E-state index contributed by atoms with van der Waals surface area (Å²) in [6.07, 6.45) is -4.71. The van der Waals surface area contributed by atoms with Gasteiger partial charge >= 0.3 is 18.1 Å². The molecule has 3 aromatic carbocycles. The van der Waals surface area contributed by atoms with Crippen molar-refractivity contribution < 1.29 is 41.9 Å². The Bertz CT molecular complexity index is 1330. The molecule has 1 unspecified atom stereocenters. The molecule has 0 fully saturated rings. The van der Waals surface area contributed by atoms with E-state index in [2.05, 4.69) is 0 Å². The van der Waals surface area contributed by atoms with Crippen LogP contribution in [-0.4, -0.2) is 29.6 Å². The third-order valence-corrected chi connectivity index (χ3v) is 5.49. The summed E-state index contributed by atoms with van der Waals surface area (Å²) in [5, 5.41) is 11.2. The lowest BCUT2D eigenvalue weighted by Crippen LogP contribution is -2.43. The lowest BCUT2D eigenvalue weighted by molar-refractivity contribution is -0.385. The first-order valence-corrected chi connectivity index (χ1v) is 10.9. The number of hydrogen-bond acceptors (Lipinski definition) is 7. The zero-order valence-corrected chi connectivity index (χ0v) is 20.1. The fraction of sp³-hybridized carbons (Fsp3) is 0.200. The van der Waals surface area contributed by atoms with Crippen LogP contribution in [-0.2, 0) is 26.9 Å². The van der Waals surface area contributed by atoms with E-state index in [1.165, 1.54) is 6.92 Å². The van der Waals surface area contributed by atoms with Gasteiger partial charge in [0, 0.05) is 18.6 Å². The van der Waals surface area contributed by atoms with Crippen LogP contribution in [0.25, 0.3) is 0 Å². The van der Waals surface area contributed by atoms with E-state index >= 15 is 0 Å². The standard InChI is InChI=1S/C25H19ClF3NO7/c1-24(23(32)35-2,14-15-6-4-3-5-7-15)37-22(31)18-13-17(9-10-20(18)30(33)34)36-21-11-8-16(12-19(21)26)25(27,28)29/h3-13H,14H2,1-2H3. The number of ether oxygens (including phenoxy) is 3. The van der Waals surface area contributed by atoms with Crippen LogP contribution < -0.4 is 4.74 Å². The number of nitrogens with zero attached hydrogens (tertiary/aromatic N) is 1. The van der Waals surface area contributed by atoms with Crippen molar-refractivity contribution in [1.82, 2.24) is 0 Å². The average Bonchev–Trinajstić information content (AvgIpc) is 2.84. The van der Waals surface area contributed by atoms with Gasteiger partial charge in [0.1, 0.15) is 17.1 Å². The quantitative estimate of drug-likeness (QED) is 0.186. The monoisotopic (exact) mass is 537 g/mol. The molecular weight excluding hydrogens is 519 g/mol. The molecule has 0 heterocycles. The summed E-state index contributed by atoms with van der Waals surface area (Å²) in [6, 6.07) is 14.0. The largest absolute Gasteiger partial charge is 0.466 e. The van der Waals surface area contributed by atoms with Gasteiger partial charge in [0.15, 0.2) is 0 Å². The molecule has 0 aliphatic carbocycles. The van der Waals surface area contributed by atoms with Crippen LogP contribution in [0.5, 0.6) is 11.5 Å². The van der Waals surface area contributed by atoms with Crippen LogP contribution >= 0.6 is 11.6 Å². The van der Waals surface area contributed by atoms with Crippen LogP contribution in [0.2, 0.25) is 5.02 Å². The number of nitro groups is 1. The number of rotatable bonds is 8. The first-order valence-electron chi connectivity index (χ1n) is 10.5. The summed E-state index contributed by atoms with van der Waals surface area (Å²) >= 11 is 5.91. The predicted octanol–water partition coefficient (Wildman–Crippen LogP) is 6.39. The van der Waals surface area contributed by atoms with Crippen molar-refractivity contribution in [2.24, 2.45) is 0 Å². The Kier molecular flexibility index (Phi) is 8.07. The fourth-order valence-electron chi connectivity index (χ4n) is 3.40. The van der Waals surface area contributed by atoms with Crippen molar-refractivity contribution in [3.63, 3.8) is 0 Å². The SMILES string of the molecule is COC(=O)C(C)(Cc1ccccc1)OC(=O)c1cc(Oc2ccc(C(F)(F)F)cc2Cl)ccc1[N+](=O)[O-]. The highest BCUT2D eigenvalue weighted by atomic mass is 35.5. The van der Waals surface area contributed by atoms with E-state index in [0.717, 1.165) is 37.4 Å². The summed E-state index contributed by atoms with van der Waals surface area (Å²) < 4.78 is 54.4. The van der Waals surface area contributed by atoms with Gasteiger partial charge < -0.3 is 14.2 Å². The molecule has 0 amide bonds. The number of methoxy groups -OCH3 is 1. The number of benzene rings is 3. The third kappa shape index (κ3) is 6.56. The zero-order chi connectivity index (χ0) is 27.4. The van der Waals surface area contributed by atoms with Crippen LogP contribution in [0.3, 0.4) is 0 Å². The molecule has 3 rings (SSSR count). The summed E-state index contributed by atoms with van der Waals surface area (Å²) in [5.74, 6) is -2.45. The normalized spacial score (nSPS) is 12.8. The minimum Gasteiger partial charge on any atom is -0.466 e. The summed E-state index contributed by atoms with van der Waals surface area (Å²) in [5.41, 5.74) is -3.42. The van der Waals surface area contributed by atoms with Crippen molar-refractivity contribution in [3.05, 3.63) is 98.6 Å². The van der Waals surface area contributed by atoms with Gasteiger partial charge in [-0.15, -0.1) is 0 Å². The summed E-state index contributed by atoms with van der Waals surface area (Å²) in [7, 11) is 1.10. The smallest absolute Gasteiger partial charge is 0.416 e. The van der Waals surface area contributed by atoms with E-state index < -0.39 is 45.5 Å². The molecule has 194 valence electrons. The second-order valence-corrected chi connectivity index (χ2v) is 8.36. The van der Waals surface area contributed by atoms with E-state index in [9.17, 15) is 32.9 Å². The highest BCUT2D eigenvalue weighted by Gasteiger charge is 2.40. The molecule has 0 aliphatic rings. The van der Waals surface area contributed by atoms with E-state index in [-0.39, 0.29) is 22.9 Å². The van der Waals surface area contributed by atoms with Crippen molar-refractivity contribution in [2.45, 2.75) is 25.1 Å². The second-order valence-electron chi connectivity index (χ2n) is 7.96. The van der Waals surface area contributed by atoms with Crippen molar-refractivity contribution >= 4 is 29.2 Å². The van der Waals surface area contributed by atoms with Gasteiger partial charge in [-0.1, -0.05) is 41.9 Å². The first kappa shape index (κ1) is 27.5. The molecule has 0 aromatic heterocycles. The van der Waals surface area contributed by atoms with Crippen molar-refractivity contribution in [2.75, 3.05) is 7.11 Å². The molecule has 3 aromatic rings. The second kappa shape index (κ2) is 10.9. The van der Waals surface area contributed by atoms with Crippen LogP contribution in [0.4, 0.5) is 18.9 Å². The van der Waals surface area contributed by atoms with E-state index in [0.29, 0.717) is 11.6 Å². The number of nitro benzene ring substituents is 1.